The lowest BCUT2D eigenvalue weighted by atomic mass is 9.34. The summed E-state index contributed by atoms with van der Waals surface area (Å²) in [6.45, 7) is 13.5. The number of nitrogens with zero attached hydrogens (tertiary/aromatic N) is 1. The Labute approximate surface area is 322 Å². The number of nitrogens with one attached hydrogen (secondary N) is 2. The molecule has 55 heavy (non-hydrogen) atoms. The van der Waals surface area contributed by atoms with Gasteiger partial charge in [0.2, 0.25) is 5.95 Å². The second-order valence-electron chi connectivity index (χ2n) is 17.7. The normalized spacial score (nSPS) is 30.6. The highest BCUT2D eigenvalue weighted by Gasteiger charge is 2.67. The van der Waals surface area contributed by atoms with E-state index in [4.69, 9.17) is 0 Å². The Kier molecular flexibility index (Phi) is 9.21. The van der Waals surface area contributed by atoms with Gasteiger partial charge in [-0.1, -0.05) is 69.7 Å². The molecule has 10 heteroatoms. The summed E-state index contributed by atoms with van der Waals surface area (Å²) in [6.07, 6.45) is 9.42. The zero-order chi connectivity index (χ0) is 39.7. The number of aromatic nitrogens is 2. The van der Waals surface area contributed by atoms with Crippen LogP contribution in [0.1, 0.15) is 112 Å². The number of hydrogen-bond donors (Lipinski definition) is 5. The minimum Gasteiger partial charge on any atom is -0.504 e. The first-order valence-corrected chi connectivity index (χ1v) is 19.3. The van der Waals surface area contributed by atoms with Gasteiger partial charge >= 0.3 is 12.1 Å². The highest BCUT2D eigenvalue weighted by molar-refractivity contribution is 6.10. The summed E-state index contributed by atoms with van der Waals surface area (Å²) >= 11 is 0. The van der Waals surface area contributed by atoms with E-state index in [2.05, 4.69) is 53.8 Å². The fourth-order valence-corrected chi connectivity index (χ4v) is 11.0. The van der Waals surface area contributed by atoms with E-state index in [0.29, 0.717) is 28.1 Å². The van der Waals surface area contributed by atoms with Gasteiger partial charge in [0.1, 0.15) is 0 Å². The minimum absolute atomic E-state index is 0.00431. The number of rotatable bonds is 4. The molecule has 290 valence electrons. The first-order valence-electron chi connectivity index (χ1n) is 19.3. The topological polar surface area (TPSA) is 162 Å². The first-order chi connectivity index (χ1) is 25.9. The Balaban J connectivity index is 0.000000184. The number of benzene rings is 3. The van der Waals surface area contributed by atoms with Crippen molar-refractivity contribution in [2.45, 2.75) is 98.3 Å². The highest BCUT2D eigenvalue weighted by atomic mass is 16.5. The van der Waals surface area contributed by atoms with Gasteiger partial charge in [-0.3, -0.25) is 14.9 Å². The van der Waals surface area contributed by atoms with E-state index in [1.165, 1.54) is 18.2 Å². The summed E-state index contributed by atoms with van der Waals surface area (Å²) in [5.74, 6) is -0.0821. The Bertz CT molecular complexity index is 2250. The van der Waals surface area contributed by atoms with Crippen molar-refractivity contribution in [1.82, 2.24) is 9.97 Å². The number of anilines is 1. The van der Waals surface area contributed by atoms with Gasteiger partial charge in [0.05, 0.1) is 23.6 Å². The van der Waals surface area contributed by atoms with Gasteiger partial charge in [0, 0.05) is 16.5 Å². The number of phenols is 2. The number of ether oxygens (including phenoxy) is 1. The standard InChI is InChI=1S/C29H40O4.C16H13N3O3/c1-17-18-7-8-21-27(4,19(18)15-20(30)23(17)31)12-14-29(6)22-16-26(3,24(32)33)10-9-25(22,2)11-13-28(21,29)5;1-22-16(21)19-15-17-12-8-7-11(9-13(12)18-15)14(20)10-5-3-2-4-6-10/h8,15,22,30-31H,7,9-14,16H2,1-6H3,(H,32,33);2-9H,1H3,(H2,17,18,19,21). The van der Waals surface area contributed by atoms with E-state index < -0.39 is 17.5 Å². The number of carboxylic acid groups (broad SMARTS) is 1. The molecule has 0 bridgehead atoms. The van der Waals surface area contributed by atoms with Crippen LogP contribution >= 0.6 is 0 Å². The fraction of sp³-hybridized carbons (Fsp3) is 0.467. The molecule has 0 aliphatic heterocycles. The Morgan fingerprint density at radius 3 is 2.29 bits per heavy atom. The third-order valence-electron chi connectivity index (χ3n) is 14.8. The van der Waals surface area contributed by atoms with E-state index in [1.807, 2.05) is 38.1 Å². The number of hydrogen-bond acceptors (Lipinski definition) is 7. The molecule has 4 aromatic rings. The van der Waals surface area contributed by atoms with Crippen LogP contribution < -0.4 is 5.32 Å². The molecule has 6 unspecified atom stereocenters. The van der Waals surface area contributed by atoms with E-state index in [-0.39, 0.29) is 44.9 Å². The smallest absolute Gasteiger partial charge is 0.413 e. The van der Waals surface area contributed by atoms with Crippen molar-refractivity contribution in [3.8, 4) is 11.5 Å². The molecule has 4 aliphatic carbocycles. The minimum atomic E-state index is -0.641. The molecule has 0 saturated heterocycles. The van der Waals surface area contributed by atoms with Crippen LogP contribution in [0.4, 0.5) is 10.7 Å². The van der Waals surface area contributed by atoms with Crippen LogP contribution in [0.5, 0.6) is 11.5 Å². The molecular weight excluding hydrogens is 695 g/mol. The predicted octanol–water partition coefficient (Wildman–Crippen LogP) is 9.62. The van der Waals surface area contributed by atoms with Crippen LogP contribution in [0.2, 0.25) is 0 Å². The third-order valence-corrected chi connectivity index (χ3v) is 14.8. The number of ketones is 1. The summed E-state index contributed by atoms with van der Waals surface area (Å²) in [6, 6.07) is 16.0. The van der Waals surface area contributed by atoms with Crippen molar-refractivity contribution >= 4 is 34.8 Å². The lowest BCUT2D eigenvalue weighted by Gasteiger charge is -2.69. The monoisotopic (exact) mass is 747 g/mol. The number of aromatic hydroxyl groups is 2. The summed E-state index contributed by atoms with van der Waals surface area (Å²) in [7, 11) is 1.27. The number of aromatic amines is 1. The number of imidazole rings is 1. The zero-order valence-corrected chi connectivity index (χ0v) is 32.9. The average Bonchev–Trinajstić information content (AvgIpc) is 3.57. The summed E-state index contributed by atoms with van der Waals surface area (Å²) in [5, 5.41) is 33.4. The SMILES string of the molecule is COC(=O)Nc1nc2ccc(C(=O)c3ccccc3)cc2[nH]1.Cc1c(O)c(O)cc2c1CC=C1C2(C)CCC2(C)C3CC(C)(C(=O)O)CCC3(C)CCC12C. The van der Waals surface area contributed by atoms with Crippen LogP contribution in [0, 0.1) is 34.5 Å². The second kappa shape index (κ2) is 13.3. The number of methoxy groups -OCH3 is 1. The molecule has 3 saturated carbocycles. The maximum atomic E-state index is 12.4. The number of aliphatic carboxylic acids is 1. The van der Waals surface area contributed by atoms with Crippen LogP contribution in [0.25, 0.3) is 11.0 Å². The molecule has 6 atom stereocenters. The molecule has 0 spiro atoms. The lowest BCUT2D eigenvalue weighted by Crippen LogP contribution is -2.62. The molecule has 8 rings (SSSR count). The van der Waals surface area contributed by atoms with Gasteiger partial charge in [-0.05, 0) is 128 Å². The largest absolute Gasteiger partial charge is 0.504 e. The van der Waals surface area contributed by atoms with Gasteiger partial charge in [0.25, 0.3) is 0 Å². The van der Waals surface area contributed by atoms with E-state index in [0.717, 1.165) is 62.5 Å². The number of H-pyrrole nitrogens is 1. The number of allylic oxidation sites excluding steroid dienone is 2. The van der Waals surface area contributed by atoms with E-state index in [9.17, 15) is 29.7 Å². The zero-order valence-electron chi connectivity index (χ0n) is 32.9. The number of carbonyl (C=O) groups excluding carboxylic acids is 2. The predicted molar refractivity (Wildman–Crippen MR) is 212 cm³/mol. The molecule has 4 aliphatic rings. The molecule has 5 N–H and O–H groups in total. The average molecular weight is 748 g/mol. The Hall–Kier alpha value is -5.12. The van der Waals surface area contributed by atoms with Crippen molar-refractivity contribution in [3.05, 3.63) is 94.1 Å². The highest BCUT2D eigenvalue weighted by Crippen LogP contribution is 2.74. The van der Waals surface area contributed by atoms with Gasteiger partial charge in [-0.25, -0.2) is 9.78 Å². The molecule has 1 aromatic heterocycles. The van der Waals surface area contributed by atoms with Gasteiger partial charge in [-0.2, -0.15) is 0 Å². The number of carbonyl (C=O) groups is 3. The number of carboxylic acids is 1. The Morgan fingerprint density at radius 2 is 1.60 bits per heavy atom. The second-order valence-corrected chi connectivity index (χ2v) is 17.7. The van der Waals surface area contributed by atoms with Crippen molar-refractivity contribution in [2.75, 3.05) is 12.4 Å². The van der Waals surface area contributed by atoms with E-state index in [1.54, 1.807) is 30.3 Å². The molecule has 1 heterocycles. The molecule has 10 nitrogen and oxygen atoms in total. The van der Waals surface area contributed by atoms with Crippen molar-refractivity contribution in [1.29, 1.82) is 0 Å². The van der Waals surface area contributed by atoms with Gasteiger partial charge < -0.3 is 25.0 Å². The van der Waals surface area contributed by atoms with Crippen LogP contribution in [0.3, 0.4) is 0 Å². The van der Waals surface area contributed by atoms with Crippen LogP contribution in [-0.2, 0) is 21.4 Å². The van der Waals surface area contributed by atoms with Crippen molar-refractivity contribution in [2.24, 2.45) is 27.6 Å². The van der Waals surface area contributed by atoms with Crippen LogP contribution in [-0.4, -0.2) is 50.2 Å². The molecule has 0 radical (unpaired) electrons. The summed E-state index contributed by atoms with van der Waals surface area (Å²) in [4.78, 5) is 42.9. The first kappa shape index (κ1) is 38.2. The van der Waals surface area contributed by atoms with Gasteiger partial charge in [0.15, 0.2) is 17.3 Å². The summed E-state index contributed by atoms with van der Waals surface area (Å²) in [5.41, 5.74) is 6.48. The Morgan fingerprint density at radius 1 is 0.891 bits per heavy atom. The van der Waals surface area contributed by atoms with Gasteiger partial charge in [-0.15, -0.1) is 0 Å². The number of fused-ring (bicyclic) bond motifs is 8. The maximum Gasteiger partial charge on any atom is 0.413 e. The summed E-state index contributed by atoms with van der Waals surface area (Å²) < 4.78 is 4.51. The van der Waals surface area contributed by atoms with E-state index >= 15 is 0 Å². The number of phenolic OH excluding ortho intramolecular Hbond substituents is 2. The van der Waals surface area contributed by atoms with Crippen LogP contribution in [0.15, 0.2) is 66.2 Å². The molecule has 1 amide bonds. The third kappa shape index (κ3) is 5.99. The molecule has 3 fully saturated rings. The van der Waals surface area contributed by atoms with Crippen molar-refractivity contribution < 1.29 is 34.4 Å². The number of amides is 1. The lowest BCUT2D eigenvalue weighted by molar-refractivity contribution is -0.177. The molecule has 3 aromatic carbocycles. The fourth-order valence-electron chi connectivity index (χ4n) is 11.0. The quantitative estimate of drug-likeness (QED) is 0.0783. The molecular formula is C45H53N3O7. The van der Waals surface area contributed by atoms with Crippen molar-refractivity contribution in [3.63, 3.8) is 0 Å². The maximum absolute atomic E-state index is 12.4.